The summed E-state index contributed by atoms with van der Waals surface area (Å²) in [7, 11) is 0. The molecule has 4 nitrogen and oxygen atoms in total. The van der Waals surface area contributed by atoms with Gasteiger partial charge in [0.05, 0.1) is 0 Å². The quantitative estimate of drug-likeness (QED) is 0.433. The van der Waals surface area contributed by atoms with E-state index in [1.165, 1.54) is 0 Å². The van der Waals surface area contributed by atoms with E-state index < -0.39 is 5.97 Å². The van der Waals surface area contributed by atoms with Crippen molar-refractivity contribution >= 4 is 11.7 Å². The van der Waals surface area contributed by atoms with Gasteiger partial charge in [-0.2, -0.15) is 0 Å². The molecule has 0 aromatic heterocycles. The first-order valence-electron chi connectivity index (χ1n) is 3.38. The van der Waals surface area contributed by atoms with Crippen LogP contribution in [-0.4, -0.2) is 11.1 Å². The van der Waals surface area contributed by atoms with Crippen LogP contribution in [0.3, 0.4) is 0 Å². The second-order valence-electron chi connectivity index (χ2n) is 2.03. The molecule has 12 heavy (non-hydrogen) atoms. The van der Waals surface area contributed by atoms with Crippen molar-refractivity contribution < 1.29 is 9.90 Å². The monoisotopic (exact) mass is 168 g/mol. The van der Waals surface area contributed by atoms with Crippen molar-refractivity contribution in [1.29, 1.82) is 0 Å². The lowest BCUT2D eigenvalue weighted by atomic mass is 10.3. The number of carboxylic acids is 1. The molecular formula is C8H12N2O2. The summed E-state index contributed by atoms with van der Waals surface area (Å²) in [6.07, 6.45) is 0. The van der Waals surface area contributed by atoms with Gasteiger partial charge in [-0.15, -0.1) is 0 Å². The lowest BCUT2D eigenvalue weighted by molar-refractivity contribution is -0.134. The predicted molar refractivity (Wildman–Crippen MR) is 47.6 cm³/mol. The third-order valence-electron chi connectivity index (χ3n) is 0.940. The third-order valence-corrected chi connectivity index (χ3v) is 0.940. The third kappa shape index (κ3) is 6.57. The number of rotatable bonds is 1. The maximum absolute atomic E-state index is 9.00. The summed E-state index contributed by atoms with van der Waals surface area (Å²) < 4.78 is 0. The smallest absolute Gasteiger partial charge is 0.300 e. The SMILES string of the molecule is CC(=O)O.NNc1ccccc1. The highest BCUT2D eigenvalue weighted by Gasteiger charge is 1.78. The fourth-order valence-corrected chi connectivity index (χ4v) is 0.534. The molecule has 0 aliphatic rings. The van der Waals surface area contributed by atoms with E-state index in [0.29, 0.717) is 0 Å². The van der Waals surface area contributed by atoms with Crippen LogP contribution in [0.5, 0.6) is 0 Å². The zero-order valence-corrected chi connectivity index (χ0v) is 6.82. The molecule has 66 valence electrons. The number of nitrogen functional groups attached to an aromatic ring is 1. The Morgan fingerprint density at radius 1 is 1.42 bits per heavy atom. The first-order chi connectivity index (χ1) is 5.66. The molecule has 4 heteroatoms. The zero-order chi connectivity index (χ0) is 9.40. The molecule has 1 rings (SSSR count). The summed E-state index contributed by atoms with van der Waals surface area (Å²) in [5.41, 5.74) is 3.46. The molecule has 0 aliphatic carbocycles. The number of hydrogen-bond acceptors (Lipinski definition) is 3. The molecule has 0 bridgehead atoms. The van der Waals surface area contributed by atoms with Crippen LogP contribution in [0, 0.1) is 0 Å². The average molecular weight is 168 g/mol. The topological polar surface area (TPSA) is 75.3 Å². The van der Waals surface area contributed by atoms with Crippen LogP contribution in [0.2, 0.25) is 0 Å². The first-order valence-corrected chi connectivity index (χ1v) is 3.38. The molecule has 0 amide bonds. The second-order valence-corrected chi connectivity index (χ2v) is 2.03. The van der Waals surface area contributed by atoms with Gasteiger partial charge < -0.3 is 10.5 Å². The molecule has 0 aliphatic heterocycles. The van der Waals surface area contributed by atoms with Crippen molar-refractivity contribution in [2.24, 2.45) is 5.84 Å². The molecule has 0 saturated heterocycles. The van der Waals surface area contributed by atoms with E-state index in [2.05, 4.69) is 5.43 Å². The van der Waals surface area contributed by atoms with Gasteiger partial charge in [-0.25, -0.2) is 0 Å². The standard InChI is InChI=1S/C6H8N2.C2H4O2/c7-8-6-4-2-1-3-5-6;1-2(3)4/h1-5,8H,7H2;1H3,(H,3,4). The summed E-state index contributed by atoms with van der Waals surface area (Å²) in [6.45, 7) is 1.08. The highest BCUT2D eigenvalue weighted by atomic mass is 16.4. The van der Waals surface area contributed by atoms with Crippen molar-refractivity contribution in [3.8, 4) is 0 Å². The Bertz CT molecular complexity index is 220. The molecule has 0 atom stereocenters. The number of anilines is 1. The number of benzene rings is 1. The van der Waals surface area contributed by atoms with Crippen molar-refractivity contribution in [3.05, 3.63) is 30.3 Å². The molecule has 1 aromatic rings. The zero-order valence-electron chi connectivity index (χ0n) is 6.82. The second kappa shape index (κ2) is 6.18. The van der Waals surface area contributed by atoms with E-state index >= 15 is 0 Å². The van der Waals surface area contributed by atoms with Gasteiger partial charge >= 0.3 is 0 Å². The molecule has 4 N–H and O–H groups in total. The van der Waals surface area contributed by atoms with Gasteiger partial charge in [0.2, 0.25) is 0 Å². The van der Waals surface area contributed by atoms with E-state index in [4.69, 9.17) is 15.7 Å². The summed E-state index contributed by atoms with van der Waals surface area (Å²) in [4.78, 5) is 9.00. The fourth-order valence-electron chi connectivity index (χ4n) is 0.534. The number of nitrogens with two attached hydrogens (primary N) is 1. The van der Waals surface area contributed by atoms with Gasteiger partial charge in [-0.05, 0) is 12.1 Å². The van der Waals surface area contributed by atoms with Crippen molar-refractivity contribution in [2.75, 3.05) is 5.43 Å². The maximum atomic E-state index is 9.00. The molecule has 0 unspecified atom stereocenters. The lowest BCUT2D eigenvalue weighted by Crippen LogP contribution is -2.05. The number of hydrogen-bond donors (Lipinski definition) is 3. The van der Waals surface area contributed by atoms with Crippen LogP contribution in [0.25, 0.3) is 0 Å². The Morgan fingerprint density at radius 2 is 1.83 bits per heavy atom. The van der Waals surface area contributed by atoms with E-state index in [1.54, 1.807) is 0 Å². The molecular weight excluding hydrogens is 156 g/mol. The number of nitrogens with one attached hydrogen (secondary N) is 1. The fraction of sp³-hybridized carbons (Fsp3) is 0.125. The summed E-state index contributed by atoms with van der Waals surface area (Å²) in [5.74, 6) is 4.27. The Morgan fingerprint density at radius 3 is 2.08 bits per heavy atom. The maximum Gasteiger partial charge on any atom is 0.300 e. The molecule has 0 saturated carbocycles. The number of hydrazine groups is 1. The average Bonchev–Trinajstić information content (AvgIpc) is 2.05. The summed E-state index contributed by atoms with van der Waals surface area (Å²) in [6, 6.07) is 9.60. The Labute approximate surface area is 71.0 Å². The summed E-state index contributed by atoms with van der Waals surface area (Å²) in [5, 5.41) is 7.42. The van der Waals surface area contributed by atoms with Crippen LogP contribution in [0.15, 0.2) is 30.3 Å². The summed E-state index contributed by atoms with van der Waals surface area (Å²) >= 11 is 0. The Kier molecular flexibility index (Phi) is 5.38. The molecule has 0 heterocycles. The van der Waals surface area contributed by atoms with Gasteiger partial charge in [-0.3, -0.25) is 10.6 Å². The number of carbonyl (C=O) groups is 1. The van der Waals surface area contributed by atoms with Crippen LogP contribution in [-0.2, 0) is 4.79 Å². The minimum Gasteiger partial charge on any atom is -0.481 e. The minimum absolute atomic E-state index is 0.833. The van der Waals surface area contributed by atoms with E-state index in [9.17, 15) is 0 Å². The van der Waals surface area contributed by atoms with Gasteiger partial charge in [-0.1, -0.05) is 18.2 Å². The Hall–Kier alpha value is -1.55. The van der Waals surface area contributed by atoms with E-state index in [1.807, 2.05) is 30.3 Å². The van der Waals surface area contributed by atoms with Crippen molar-refractivity contribution in [3.63, 3.8) is 0 Å². The lowest BCUT2D eigenvalue weighted by Gasteiger charge is -1.94. The van der Waals surface area contributed by atoms with Gasteiger partial charge in [0.25, 0.3) is 5.97 Å². The van der Waals surface area contributed by atoms with E-state index in [0.717, 1.165) is 12.6 Å². The number of aliphatic carboxylic acids is 1. The largest absolute Gasteiger partial charge is 0.481 e. The van der Waals surface area contributed by atoms with Crippen molar-refractivity contribution in [1.82, 2.24) is 0 Å². The van der Waals surface area contributed by atoms with Crippen LogP contribution < -0.4 is 11.3 Å². The van der Waals surface area contributed by atoms with Gasteiger partial charge in [0.15, 0.2) is 0 Å². The van der Waals surface area contributed by atoms with Gasteiger partial charge in [0.1, 0.15) is 0 Å². The first kappa shape index (κ1) is 10.4. The molecule has 1 aromatic carbocycles. The van der Waals surface area contributed by atoms with Gasteiger partial charge in [0, 0.05) is 12.6 Å². The Balaban J connectivity index is 0.000000261. The molecule has 0 radical (unpaired) electrons. The minimum atomic E-state index is -0.833. The normalized spacial score (nSPS) is 7.83. The highest BCUT2D eigenvalue weighted by molar-refractivity contribution is 5.62. The number of para-hydroxylation sites is 1. The molecule has 0 spiro atoms. The van der Waals surface area contributed by atoms with E-state index in [-0.39, 0.29) is 0 Å². The van der Waals surface area contributed by atoms with Crippen molar-refractivity contribution in [2.45, 2.75) is 6.92 Å². The number of carboxylic acid groups (broad SMARTS) is 1. The highest BCUT2D eigenvalue weighted by Crippen LogP contribution is 2.00. The molecule has 0 fully saturated rings. The van der Waals surface area contributed by atoms with Crippen LogP contribution in [0.1, 0.15) is 6.92 Å². The van der Waals surface area contributed by atoms with Crippen LogP contribution >= 0.6 is 0 Å². The van der Waals surface area contributed by atoms with Crippen LogP contribution in [0.4, 0.5) is 5.69 Å². The predicted octanol–water partition coefficient (Wildman–Crippen LogP) is 1.06.